The molecule has 6 heteroatoms. The fourth-order valence-corrected chi connectivity index (χ4v) is 1.86. The van der Waals surface area contributed by atoms with Gasteiger partial charge >= 0.3 is 0 Å². The lowest BCUT2D eigenvalue weighted by Gasteiger charge is -2.13. The minimum atomic E-state index is 0.440. The van der Waals surface area contributed by atoms with E-state index in [0.29, 0.717) is 30.5 Å². The number of nitrogens with zero attached hydrogens (tertiary/aromatic N) is 2. The predicted molar refractivity (Wildman–Crippen MR) is 82.3 cm³/mol. The topological polar surface area (TPSA) is 86.2 Å². The van der Waals surface area contributed by atoms with Crippen molar-refractivity contribution in [2.24, 2.45) is 0 Å². The number of nitrogen functional groups attached to an aromatic ring is 1. The van der Waals surface area contributed by atoms with Gasteiger partial charge in [0.15, 0.2) is 5.82 Å². The zero-order valence-corrected chi connectivity index (χ0v) is 12.6. The molecule has 0 saturated heterocycles. The molecule has 0 aliphatic rings. The molecule has 3 N–H and O–H groups in total. The highest BCUT2D eigenvalue weighted by molar-refractivity contribution is 5.66. The van der Waals surface area contributed by atoms with Gasteiger partial charge in [-0.2, -0.15) is 4.98 Å². The summed E-state index contributed by atoms with van der Waals surface area (Å²) < 4.78 is 10.9. The number of aryl methyl sites for hydroxylation is 1. The number of furan rings is 1. The summed E-state index contributed by atoms with van der Waals surface area (Å²) in [6.07, 6.45) is 4.30. The Balaban J connectivity index is 2.18. The summed E-state index contributed by atoms with van der Waals surface area (Å²) in [4.78, 5) is 8.84. The lowest BCUT2D eigenvalue weighted by molar-refractivity contribution is 0.305. The number of nitrogens with two attached hydrogens (primary N) is 1. The van der Waals surface area contributed by atoms with Gasteiger partial charge in [0.25, 0.3) is 0 Å². The van der Waals surface area contributed by atoms with Crippen molar-refractivity contribution in [2.75, 3.05) is 17.7 Å². The highest BCUT2D eigenvalue weighted by Gasteiger charge is 2.13. The molecule has 0 radical (unpaired) electrons. The van der Waals surface area contributed by atoms with Crippen molar-refractivity contribution in [3.63, 3.8) is 0 Å². The average Bonchev–Trinajstić information content (AvgIpc) is 2.99. The summed E-state index contributed by atoms with van der Waals surface area (Å²) in [5.74, 6) is 2.61. The van der Waals surface area contributed by atoms with E-state index in [-0.39, 0.29) is 0 Å². The molecule has 2 aromatic rings. The number of aromatic nitrogens is 2. The molecule has 21 heavy (non-hydrogen) atoms. The van der Waals surface area contributed by atoms with Crippen molar-refractivity contribution in [3.8, 4) is 5.88 Å². The summed E-state index contributed by atoms with van der Waals surface area (Å²) in [5.41, 5.74) is 6.53. The van der Waals surface area contributed by atoms with Gasteiger partial charge in [0.2, 0.25) is 5.88 Å². The molecule has 0 aliphatic heterocycles. The highest BCUT2D eigenvalue weighted by atomic mass is 16.5. The van der Waals surface area contributed by atoms with Gasteiger partial charge in [-0.25, -0.2) is 4.98 Å². The first-order valence-electron chi connectivity index (χ1n) is 7.30. The third kappa shape index (κ3) is 4.11. The van der Waals surface area contributed by atoms with Crippen LogP contribution in [-0.2, 0) is 13.0 Å². The molecule has 0 saturated carbocycles. The van der Waals surface area contributed by atoms with E-state index >= 15 is 0 Å². The second kappa shape index (κ2) is 7.52. The van der Waals surface area contributed by atoms with Crippen LogP contribution in [0.5, 0.6) is 5.88 Å². The van der Waals surface area contributed by atoms with Crippen molar-refractivity contribution < 1.29 is 9.15 Å². The Bertz CT molecular complexity index is 555. The van der Waals surface area contributed by atoms with Crippen LogP contribution in [0.1, 0.15) is 38.3 Å². The van der Waals surface area contributed by atoms with Crippen molar-refractivity contribution in [1.29, 1.82) is 0 Å². The van der Waals surface area contributed by atoms with Crippen LogP contribution in [0.4, 0.5) is 11.5 Å². The molecule has 0 fully saturated rings. The number of nitrogens with one attached hydrogen (secondary N) is 1. The Hall–Kier alpha value is -2.24. The van der Waals surface area contributed by atoms with Gasteiger partial charge in [-0.05, 0) is 25.0 Å². The SMILES string of the molecule is CCCOc1nc(CCC)nc(NCc2ccco2)c1N. The van der Waals surface area contributed by atoms with E-state index in [1.54, 1.807) is 6.26 Å². The number of hydrogen-bond donors (Lipinski definition) is 2. The molecule has 114 valence electrons. The summed E-state index contributed by atoms with van der Waals surface area (Å²) >= 11 is 0. The molecule has 2 aromatic heterocycles. The van der Waals surface area contributed by atoms with Gasteiger partial charge in [-0.3, -0.25) is 0 Å². The average molecular weight is 290 g/mol. The van der Waals surface area contributed by atoms with Crippen LogP contribution >= 0.6 is 0 Å². The van der Waals surface area contributed by atoms with Crippen molar-refractivity contribution >= 4 is 11.5 Å². The molecule has 0 spiro atoms. The lowest BCUT2D eigenvalue weighted by Crippen LogP contribution is -2.11. The molecule has 6 nitrogen and oxygen atoms in total. The first-order chi connectivity index (χ1) is 10.2. The molecule has 2 heterocycles. The van der Waals surface area contributed by atoms with E-state index in [1.807, 2.05) is 19.1 Å². The monoisotopic (exact) mass is 290 g/mol. The quantitative estimate of drug-likeness (QED) is 0.777. The summed E-state index contributed by atoms with van der Waals surface area (Å²) in [5, 5.41) is 3.18. The standard InChI is InChI=1S/C15H22N4O2/c1-3-6-12-18-14(17-10-11-7-5-9-20-11)13(16)15(19-12)21-8-4-2/h5,7,9H,3-4,6,8,10,16H2,1-2H3,(H,17,18,19). The lowest BCUT2D eigenvalue weighted by atomic mass is 10.3. The van der Waals surface area contributed by atoms with Crippen LogP contribution in [0.25, 0.3) is 0 Å². The van der Waals surface area contributed by atoms with E-state index in [2.05, 4.69) is 22.2 Å². The maximum Gasteiger partial charge on any atom is 0.242 e. The van der Waals surface area contributed by atoms with Crippen LogP contribution in [0.15, 0.2) is 22.8 Å². The Morgan fingerprint density at radius 2 is 2.14 bits per heavy atom. The maximum absolute atomic E-state index is 6.09. The maximum atomic E-state index is 6.09. The van der Waals surface area contributed by atoms with Gasteiger partial charge < -0.3 is 20.2 Å². The second-order valence-electron chi connectivity index (χ2n) is 4.74. The fraction of sp³-hybridized carbons (Fsp3) is 0.467. The summed E-state index contributed by atoms with van der Waals surface area (Å²) in [7, 11) is 0. The van der Waals surface area contributed by atoms with Gasteiger partial charge in [0, 0.05) is 6.42 Å². The molecular formula is C15H22N4O2. The minimum Gasteiger partial charge on any atom is -0.476 e. The van der Waals surface area contributed by atoms with Crippen molar-refractivity contribution in [2.45, 2.75) is 39.7 Å². The fourth-order valence-electron chi connectivity index (χ4n) is 1.86. The highest BCUT2D eigenvalue weighted by Crippen LogP contribution is 2.27. The van der Waals surface area contributed by atoms with Crippen LogP contribution in [0.3, 0.4) is 0 Å². The Morgan fingerprint density at radius 1 is 1.29 bits per heavy atom. The van der Waals surface area contributed by atoms with E-state index in [4.69, 9.17) is 14.9 Å². The van der Waals surface area contributed by atoms with E-state index in [1.165, 1.54) is 0 Å². The number of ether oxygens (including phenoxy) is 1. The first kappa shape index (κ1) is 15.2. The van der Waals surface area contributed by atoms with Gasteiger partial charge in [-0.15, -0.1) is 0 Å². The molecule has 0 amide bonds. The molecule has 0 bridgehead atoms. The Kier molecular flexibility index (Phi) is 5.43. The number of anilines is 2. The van der Waals surface area contributed by atoms with E-state index < -0.39 is 0 Å². The van der Waals surface area contributed by atoms with Gasteiger partial charge in [0.1, 0.15) is 17.3 Å². The zero-order valence-electron chi connectivity index (χ0n) is 12.6. The van der Waals surface area contributed by atoms with Gasteiger partial charge in [0.05, 0.1) is 19.4 Å². The van der Waals surface area contributed by atoms with Crippen molar-refractivity contribution in [1.82, 2.24) is 9.97 Å². The first-order valence-corrected chi connectivity index (χ1v) is 7.30. The number of rotatable bonds is 8. The van der Waals surface area contributed by atoms with Crippen LogP contribution in [0.2, 0.25) is 0 Å². The molecule has 0 aliphatic carbocycles. The van der Waals surface area contributed by atoms with Gasteiger partial charge in [-0.1, -0.05) is 13.8 Å². The Labute approximate surface area is 124 Å². The predicted octanol–water partition coefficient (Wildman–Crippen LogP) is 3.01. The third-order valence-electron chi connectivity index (χ3n) is 2.88. The van der Waals surface area contributed by atoms with Crippen LogP contribution in [-0.4, -0.2) is 16.6 Å². The van der Waals surface area contributed by atoms with Crippen LogP contribution in [0, 0.1) is 0 Å². The molecule has 2 rings (SSSR count). The smallest absolute Gasteiger partial charge is 0.242 e. The largest absolute Gasteiger partial charge is 0.476 e. The number of hydrogen-bond acceptors (Lipinski definition) is 6. The van der Waals surface area contributed by atoms with E-state index in [0.717, 1.165) is 30.8 Å². The summed E-state index contributed by atoms with van der Waals surface area (Å²) in [6, 6.07) is 3.74. The third-order valence-corrected chi connectivity index (χ3v) is 2.88. The van der Waals surface area contributed by atoms with Crippen LogP contribution < -0.4 is 15.8 Å². The molecular weight excluding hydrogens is 268 g/mol. The molecule has 0 aromatic carbocycles. The molecule has 0 unspecified atom stereocenters. The Morgan fingerprint density at radius 3 is 2.81 bits per heavy atom. The van der Waals surface area contributed by atoms with Crippen molar-refractivity contribution in [3.05, 3.63) is 30.0 Å². The minimum absolute atomic E-state index is 0.440. The second-order valence-corrected chi connectivity index (χ2v) is 4.74. The van der Waals surface area contributed by atoms with E-state index in [9.17, 15) is 0 Å². The summed E-state index contributed by atoms with van der Waals surface area (Å²) in [6.45, 7) is 5.24. The zero-order chi connectivity index (χ0) is 15.1. The molecule has 0 atom stereocenters. The normalized spacial score (nSPS) is 10.6.